The third-order valence-electron chi connectivity index (χ3n) is 4.93. The van der Waals surface area contributed by atoms with Crippen LogP contribution in [0.4, 0.5) is 5.69 Å². The molecular weight excluding hydrogens is 444 g/mol. The predicted molar refractivity (Wildman–Crippen MR) is 132 cm³/mol. The average molecular weight is 469 g/mol. The first-order valence-electron chi connectivity index (χ1n) is 10.0. The summed E-state index contributed by atoms with van der Waals surface area (Å²) in [6.07, 6.45) is 1.89. The number of aromatic carboxylic acids is 1. The number of carboxylic acid groups (broad SMARTS) is 1. The quantitative estimate of drug-likeness (QED) is 0.463. The zero-order valence-electron chi connectivity index (χ0n) is 18.0. The maximum absolute atomic E-state index is 12.8. The van der Waals surface area contributed by atoms with Crippen molar-refractivity contribution in [2.75, 3.05) is 11.9 Å². The van der Waals surface area contributed by atoms with E-state index in [0.717, 1.165) is 5.56 Å². The summed E-state index contributed by atoms with van der Waals surface area (Å²) in [5.41, 5.74) is 2.82. The van der Waals surface area contributed by atoms with Gasteiger partial charge in [-0.25, -0.2) is 4.79 Å². The molecule has 0 spiro atoms. The fraction of sp³-hybridized carbons (Fsp3) is 0.250. The Bertz CT molecular complexity index is 1080. The number of rotatable bonds is 6. The monoisotopic (exact) mass is 468 g/mol. The number of nitrogens with one attached hydrogen (secondary N) is 1. The van der Waals surface area contributed by atoms with Gasteiger partial charge in [-0.05, 0) is 46.9 Å². The molecule has 2 amide bonds. The first-order chi connectivity index (χ1) is 15.0. The topological polar surface area (TPSA) is 86.7 Å². The van der Waals surface area contributed by atoms with Gasteiger partial charge in [-0.2, -0.15) is 0 Å². The minimum Gasteiger partial charge on any atom is -0.478 e. The molecule has 0 unspecified atom stereocenters. The maximum atomic E-state index is 12.8. The van der Waals surface area contributed by atoms with Gasteiger partial charge in [0, 0.05) is 18.7 Å². The van der Waals surface area contributed by atoms with Gasteiger partial charge in [-0.15, -0.1) is 0 Å². The van der Waals surface area contributed by atoms with E-state index in [1.54, 1.807) is 0 Å². The van der Waals surface area contributed by atoms with Crippen LogP contribution in [-0.4, -0.2) is 38.7 Å². The Balaban J connectivity index is 1.59. The van der Waals surface area contributed by atoms with E-state index in [0.29, 0.717) is 14.9 Å². The van der Waals surface area contributed by atoms with Crippen LogP contribution in [0.2, 0.25) is 0 Å². The minimum atomic E-state index is -1.03. The van der Waals surface area contributed by atoms with Crippen LogP contribution in [0.1, 0.15) is 48.7 Å². The van der Waals surface area contributed by atoms with E-state index in [2.05, 4.69) is 38.2 Å². The number of thiocarbonyl (C=S) groups is 1. The van der Waals surface area contributed by atoms with E-state index in [4.69, 9.17) is 17.3 Å². The van der Waals surface area contributed by atoms with Crippen molar-refractivity contribution in [3.05, 3.63) is 70.1 Å². The minimum absolute atomic E-state index is 0.0564. The standard InChI is InChI=1S/C24H24N2O4S2/c1-24(2,3)17-8-4-15(5-9-17)14-19-21(28)26(23(31)32-19)13-12-20(27)25-18-10-6-16(7-11-18)22(29)30/h4-11,14H,12-13H2,1-3H3,(H,25,27)(H,29,30)/b19-14-. The lowest BCUT2D eigenvalue weighted by atomic mass is 9.87. The number of carbonyl (C=O) groups excluding carboxylic acids is 2. The highest BCUT2D eigenvalue weighted by Gasteiger charge is 2.32. The molecule has 1 saturated heterocycles. The van der Waals surface area contributed by atoms with Crippen molar-refractivity contribution >= 4 is 57.8 Å². The van der Waals surface area contributed by atoms with Crippen LogP contribution in [0.25, 0.3) is 6.08 Å². The van der Waals surface area contributed by atoms with Gasteiger partial charge in [-0.3, -0.25) is 14.5 Å². The number of carboxylic acids is 1. The number of thioether (sulfide) groups is 1. The Morgan fingerprint density at radius 3 is 2.28 bits per heavy atom. The number of amides is 2. The molecule has 0 saturated carbocycles. The Kier molecular flexibility index (Phi) is 7.16. The highest BCUT2D eigenvalue weighted by molar-refractivity contribution is 8.26. The van der Waals surface area contributed by atoms with E-state index in [1.165, 1.54) is 46.5 Å². The molecule has 0 aliphatic carbocycles. The van der Waals surface area contributed by atoms with E-state index in [1.807, 2.05) is 18.2 Å². The lowest BCUT2D eigenvalue weighted by Gasteiger charge is -2.18. The van der Waals surface area contributed by atoms with Gasteiger partial charge in [-0.1, -0.05) is 69.0 Å². The van der Waals surface area contributed by atoms with Gasteiger partial charge in [0.2, 0.25) is 5.91 Å². The van der Waals surface area contributed by atoms with Gasteiger partial charge in [0.05, 0.1) is 10.5 Å². The van der Waals surface area contributed by atoms with Crippen LogP contribution in [0, 0.1) is 0 Å². The summed E-state index contributed by atoms with van der Waals surface area (Å²) in [6.45, 7) is 6.61. The summed E-state index contributed by atoms with van der Waals surface area (Å²) in [6, 6.07) is 14.0. The molecule has 1 aliphatic heterocycles. The SMILES string of the molecule is CC(C)(C)c1ccc(/C=C2\SC(=S)N(CCC(=O)Nc3ccc(C(=O)O)cc3)C2=O)cc1. The molecule has 0 bridgehead atoms. The predicted octanol–water partition coefficient (Wildman–Crippen LogP) is 4.91. The van der Waals surface area contributed by atoms with Gasteiger partial charge < -0.3 is 10.4 Å². The van der Waals surface area contributed by atoms with Crippen molar-refractivity contribution in [1.29, 1.82) is 0 Å². The van der Waals surface area contributed by atoms with E-state index >= 15 is 0 Å². The molecule has 2 N–H and O–H groups in total. The molecule has 166 valence electrons. The molecule has 1 aliphatic rings. The van der Waals surface area contributed by atoms with Crippen LogP contribution in [0.5, 0.6) is 0 Å². The number of anilines is 1. The van der Waals surface area contributed by atoms with Crippen LogP contribution in [0.15, 0.2) is 53.4 Å². The lowest BCUT2D eigenvalue weighted by molar-refractivity contribution is -0.122. The largest absolute Gasteiger partial charge is 0.478 e. The fourth-order valence-corrected chi connectivity index (χ4v) is 4.37. The van der Waals surface area contributed by atoms with E-state index in [9.17, 15) is 14.4 Å². The molecule has 2 aromatic rings. The number of nitrogens with zero attached hydrogens (tertiary/aromatic N) is 1. The number of hydrogen-bond acceptors (Lipinski definition) is 5. The smallest absolute Gasteiger partial charge is 0.335 e. The van der Waals surface area contributed by atoms with Crippen molar-refractivity contribution in [3.63, 3.8) is 0 Å². The number of carbonyl (C=O) groups is 3. The Morgan fingerprint density at radius 1 is 1.09 bits per heavy atom. The number of hydrogen-bond donors (Lipinski definition) is 2. The highest BCUT2D eigenvalue weighted by atomic mass is 32.2. The summed E-state index contributed by atoms with van der Waals surface area (Å²) in [5.74, 6) is -1.53. The van der Waals surface area contributed by atoms with Crippen LogP contribution >= 0.6 is 24.0 Å². The Labute approximate surface area is 196 Å². The maximum Gasteiger partial charge on any atom is 0.335 e. The molecule has 8 heteroatoms. The molecule has 0 atom stereocenters. The van der Waals surface area contributed by atoms with E-state index < -0.39 is 5.97 Å². The first-order valence-corrected chi connectivity index (χ1v) is 11.3. The highest BCUT2D eigenvalue weighted by Crippen LogP contribution is 2.33. The molecular formula is C24H24N2O4S2. The van der Waals surface area contributed by atoms with Gasteiger partial charge in [0.15, 0.2) is 0 Å². The summed E-state index contributed by atoms with van der Waals surface area (Å²) in [5, 5.41) is 11.6. The van der Waals surface area contributed by atoms with Crippen molar-refractivity contribution in [1.82, 2.24) is 4.90 Å². The van der Waals surface area contributed by atoms with Crippen molar-refractivity contribution in [3.8, 4) is 0 Å². The Morgan fingerprint density at radius 2 is 1.72 bits per heavy atom. The van der Waals surface area contributed by atoms with Gasteiger partial charge in [0.1, 0.15) is 4.32 Å². The van der Waals surface area contributed by atoms with Crippen molar-refractivity contribution < 1.29 is 19.5 Å². The fourth-order valence-electron chi connectivity index (χ4n) is 3.06. The third kappa shape index (κ3) is 5.83. The van der Waals surface area contributed by atoms with Crippen LogP contribution in [0.3, 0.4) is 0 Å². The zero-order chi connectivity index (χ0) is 23.5. The van der Waals surface area contributed by atoms with Gasteiger partial charge >= 0.3 is 5.97 Å². The molecule has 2 aromatic carbocycles. The second-order valence-corrected chi connectivity index (χ2v) is 10.1. The molecule has 32 heavy (non-hydrogen) atoms. The number of benzene rings is 2. The first kappa shape index (κ1) is 23.7. The summed E-state index contributed by atoms with van der Waals surface area (Å²) < 4.78 is 0.422. The van der Waals surface area contributed by atoms with Gasteiger partial charge in [0.25, 0.3) is 5.91 Å². The molecule has 3 rings (SSSR count). The van der Waals surface area contributed by atoms with Crippen LogP contribution < -0.4 is 5.32 Å². The normalized spacial score (nSPS) is 15.3. The van der Waals surface area contributed by atoms with Crippen molar-refractivity contribution in [2.24, 2.45) is 0 Å². The molecule has 1 fully saturated rings. The lowest BCUT2D eigenvalue weighted by Crippen LogP contribution is -2.31. The molecule has 0 aromatic heterocycles. The Hall–Kier alpha value is -2.97. The molecule has 1 heterocycles. The summed E-state index contributed by atoms with van der Waals surface area (Å²) in [4.78, 5) is 37.9. The average Bonchev–Trinajstić information content (AvgIpc) is 2.99. The third-order valence-corrected chi connectivity index (χ3v) is 6.30. The van der Waals surface area contributed by atoms with Crippen molar-refractivity contribution in [2.45, 2.75) is 32.6 Å². The van der Waals surface area contributed by atoms with Crippen LogP contribution in [-0.2, 0) is 15.0 Å². The zero-order valence-corrected chi connectivity index (χ0v) is 19.7. The second-order valence-electron chi connectivity index (χ2n) is 8.39. The second kappa shape index (κ2) is 9.67. The van der Waals surface area contributed by atoms with E-state index in [-0.39, 0.29) is 35.8 Å². The summed E-state index contributed by atoms with van der Waals surface area (Å²) in [7, 11) is 0. The molecule has 0 radical (unpaired) electrons. The summed E-state index contributed by atoms with van der Waals surface area (Å²) >= 11 is 6.57. The molecule has 6 nitrogen and oxygen atoms in total.